The van der Waals surface area contributed by atoms with Crippen molar-refractivity contribution in [2.24, 2.45) is 0 Å². The molecule has 0 saturated heterocycles. The van der Waals surface area contributed by atoms with Crippen LogP contribution in [-0.4, -0.2) is 26.0 Å². The van der Waals surface area contributed by atoms with Crippen molar-refractivity contribution in [2.75, 3.05) is 19.9 Å². The fourth-order valence-corrected chi connectivity index (χ4v) is 2.30. The number of amides is 2. The molecule has 0 atom stereocenters. The quantitative estimate of drug-likeness (QED) is 0.792. The van der Waals surface area contributed by atoms with Crippen LogP contribution in [-0.2, 0) is 6.54 Å². The van der Waals surface area contributed by atoms with Gasteiger partial charge >= 0.3 is 6.03 Å². The van der Waals surface area contributed by atoms with Gasteiger partial charge in [0.25, 0.3) is 0 Å². The van der Waals surface area contributed by atoms with E-state index in [1.807, 2.05) is 12.1 Å². The molecule has 0 unspecified atom stereocenters. The van der Waals surface area contributed by atoms with Crippen LogP contribution >= 0.6 is 11.6 Å². The molecular weight excluding hydrogens is 356 g/mol. The maximum Gasteiger partial charge on any atom is 0.315 e. The van der Waals surface area contributed by atoms with E-state index in [2.05, 4.69) is 22.5 Å². The van der Waals surface area contributed by atoms with Gasteiger partial charge in [-0.15, -0.1) is 0 Å². The summed E-state index contributed by atoms with van der Waals surface area (Å²) >= 11 is 5.81. The van der Waals surface area contributed by atoms with Gasteiger partial charge in [0.15, 0.2) is 11.5 Å². The summed E-state index contributed by atoms with van der Waals surface area (Å²) in [6.07, 6.45) is 0. The molecule has 26 heavy (non-hydrogen) atoms. The van der Waals surface area contributed by atoms with Gasteiger partial charge in [0.2, 0.25) is 6.79 Å². The number of rotatable bonds is 5. The molecule has 0 radical (unpaired) electrons. The smallest absolute Gasteiger partial charge is 0.315 e. The first-order chi connectivity index (χ1) is 12.7. The Kier molecular flexibility index (Phi) is 6.07. The van der Waals surface area contributed by atoms with E-state index in [0.717, 1.165) is 5.56 Å². The second-order valence-electron chi connectivity index (χ2n) is 5.32. The SMILES string of the molecule is O=C(NCC#CCOc1ccc2c(c1)OCO2)NCc1ccc(Cl)cc1. The van der Waals surface area contributed by atoms with Gasteiger partial charge in [0, 0.05) is 17.6 Å². The maximum absolute atomic E-state index is 11.7. The van der Waals surface area contributed by atoms with Gasteiger partial charge in [-0.2, -0.15) is 0 Å². The Morgan fingerprint density at radius 3 is 2.73 bits per heavy atom. The predicted octanol–water partition coefficient (Wildman–Crippen LogP) is 2.95. The summed E-state index contributed by atoms with van der Waals surface area (Å²) in [5.41, 5.74) is 0.966. The summed E-state index contributed by atoms with van der Waals surface area (Å²) in [6.45, 7) is 1.10. The molecular formula is C19H17ClN2O4. The van der Waals surface area contributed by atoms with Crippen molar-refractivity contribution in [3.05, 3.63) is 53.1 Å². The topological polar surface area (TPSA) is 68.8 Å². The van der Waals surface area contributed by atoms with E-state index in [1.54, 1.807) is 30.3 Å². The number of fused-ring (bicyclic) bond motifs is 1. The fraction of sp³-hybridized carbons (Fsp3) is 0.211. The van der Waals surface area contributed by atoms with Crippen LogP contribution in [0.25, 0.3) is 0 Å². The average Bonchev–Trinajstić information content (AvgIpc) is 3.12. The van der Waals surface area contributed by atoms with E-state index in [0.29, 0.717) is 28.8 Å². The Morgan fingerprint density at radius 2 is 1.88 bits per heavy atom. The molecule has 2 aromatic rings. The highest BCUT2D eigenvalue weighted by Crippen LogP contribution is 2.34. The zero-order chi connectivity index (χ0) is 18.2. The highest BCUT2D eigenvalue weighted by atomic mass is 35.5. The largest absolute Gasteiger partial charge is 0.481 e. The molecule has 0 bridgehead atoms. The van der Waals surface area contributed by atoms with Crippen LogP contribution in [0.2, 0.25) is 5.02 Å². The average molecular weight is 373 g/mol. The third-order valence-electron chi connectivity index (χ3n) is 3.48. The van der Waals surface area contributed by atoms with Crippen LogP contribution in [0.5, 0.6) is 17.2 Å². The maximum atomic E-state index is 11.7. The lowest BCUT2D eigenvalue weighted by molar-refractivity contribution is 0.174. The Hall–Kier alpha value is -3.04. The third kappa shape index (κ3) is 5.23. The minimum absolute atomic E-state index is 0.216. The molecule has 3 rings (SSSR count). The van der Waals surface area contributed by atoms with Gasteiger partial charge in [-0.25, -0.2) is 4.79 Å². The normalized spacial score (nSPS) is 11.3. The van der Waals surface area contributed by atoms with Gasteiger partial charge in [-0.1, -0.05) is 35.6 Å². The standard InChI is InChI=1S/C19H17ClN2O4/c20-15-5-3-14(4-6-15)12-22-19(23)21-9-1-2-10-24-16-7-8-17-18(11-16)26-13-25-17/h3-8,11H,9-10,12-13H2,(H2,21,22,23). The van der Waals surface area contributed by atoms with Crippen molar-refractivity contribution in [1.82, 2.24) is 10.6 Å². The summed E-state index contributed by atoms with van der Waals surface area (Å²) in [5, 5.41) is 6.06. The van der Waals surface area contributed by atoms with Crippen molar-refractivity contribution in [2.45, 2.75) is 6.54 Å². The first-order valence-electron chi connectivity index (χ1n) is 7.95. The van der Waals surface area contributed by atoms with Crippen molar-refractivity contribution in [3.8, 4) is 29.1 Å². The van der Waals surface area contributed by atoms with Crippen molar-refractivity contribution in [3.63, 3.8) is 0 Å². The Balaban J connectivity index is 1.32. The molecule has 134 valence electrons. The number of carbonyl (C=O) groups is 1. The van der Waals surface area contributed by atoms with E-state index >= 15 is 0 Å². The molecule has 1 heterocycles. The molecule has 0 aromatic heterocycles. The van der Waals surface area contributed by atoms with Crippen LogP contribution in [0.15, 0.2) is 42.5 Å². The lowest BCUT2D eigenvalue weighted by atomic mass is 10.2. The zero-order valence-electron chi connectivity index (χ0n) is 13.9. The molecule has 2 aromatic carbocycles. The van der Waals surface area contributed by atoms with Crippen molar-refractivity contribution >= 4 is 17.6 Å². The molecule has 0 aliphatic carbocycles. The summed E-state index contributed by atoms with van der Waals surface area (Å²) in [7, 11) is 0. The second-order valence-corrected chi connectivity index (χ2v) is 5.76. The van der Waals surface area contributed by atoms with Gasteiger partial charge in [-0.3, -0.25) is 0 Å². The molecule has 2 amide bonds. The van der Waals surface area contributed by atoms with Crippen LogP contribution < -0.4 is 24.8 Å². The van der Waals surface area contributed by atoms with Crippen molar-refractivity contribution in [1.29, 1.82) is 0 Å². The minimum Gasteiger partial charge on any atom is -0.481 e. The van der Waals surface area contributed by atoms with Gasteiger partial charge in [0.05, 0.1) is 6.54 Å². The molecule has 7 heteroatoms. The Labute approximate surface area is 156 Å². The summed E-state index contributed by atoms with van der Waals surface area (Å²) in [5.74, 6) is 7.68. The number of halogens is 1. The molecule has 6 nitrogen and oxygen atoms in total. The molecule has 1 aliphatic rings. The first-order valence-corrected chi connectivity index (χ1v) is 8.33. The number of benzene rings is 2. The molecule has 1 aliphatic heterocycles. The zero-order valence-corrected chi connectivity index (χ0v) is 14.6. The minimum atomic E-state index is -0.286. The van der Waals surface area contributed by atoms with Crippen LogP contribution in [0.4, 0.5) is 4.79 Å². The fourth-order valence-electron chi connectivity index (χ4n) is 2.17. The Bertz CT molecular complexity index is 828. The van der Waals surface area contributed by atoms with Crippen LogP contribution in [0.3, 0.4) is 0 Å². The van der Waals surface area contributed by atoms with E-state index in [-0.39, 0.29) is 26.0 Å². The monoisotopic (exact) mass is 372 g/mol. The van der Waals surface area contributed by atoms with E-state index in [9.17, 15) is 4.79 Å². The molecule has 0 saturated carbocycles. The number of urea groups is 1. The van der Waals surface area contributed by atoms with Crippen LogP contribution in [0, 0.1) is 11.8 Å². The van der Waals surface area contributed by atoms with Crippen molar-refractivity contribution < 1.29 is 19.0 Å². The Morgan fingerprint density at radius 1 is 1.08 bits per heavy atom. The van der Waals surface area contributed by atoms with E-state index in [4.69, 9.17) is 25.8 Å². The van der Waals surface area contributed by atoms with Crippen LogP contribution in [0.1, 0.15) is 5.56 Å². The molecule has 0 spiro atoms. The van der Waals surface area contributed by atoms with Gasteiger partial charge in [0.1, 0.15) is 12.4 Å². The summed E-state index contributed by atoms with van der Waals surface area (Å²) < 4.78 is 16.0. The number of hydrogen-bond acceptors (Lipinski definition) is 4. The van der Waals surface area contributed by atoms with Gasteiger partial charge in [-0.05, 0) is 29.8 Å². The molecule has 0 fully saturated rings. The number of carbonyl (C=O) groups excluding carboxylic acids is 1. The number of ether oxygens (including phenoxy) is 3. The summed E-state index contributed by atoms with van der Waals surface area (Å²) in [4.78, 5) is 11.7. The second kappa shape index (κ2) is 8.88. The molecule has 2 N–H and O–H groups in total. The van der Waals surface area contributed by atoms with Gasteiger partial charge < -0.3 is 24.8 Å². The highest BCUT2D eigenvalue weighted by Gasteiger charge is 2.13. The van der Waals surface area contributed by atoms with E-state index in [1.165, 1.54) is 0 Å². The highest BCUT2D eigenvalue weighted by molar-refractivity contribution is 6.30. The predicted molar refractivity (Wildman–Crippen MR) is 97.5 cm³/mol. The number of nitrogens with one attached hydrogen (secondary N) is 2. The van der Waals surface area contributed by atoms with E-state index < -0.39 is 0 Å². The lowest BCUT2D eigenvalue weighted by Gasteiger charge is -2.05. The first kappa shape index (κ1) is 17.8. The summed E-state index contributed by atoms with van der Waals surface area (Å²) in [6, 6.07) is 12.3. The lowest BCUT2D eigenvalue weighted by Crippen LogP contribution is -2.35. The number of hydrogen-bond donors (Lipinski definition) is 2. The third-order valence-corrected chi connectivity index (χ3v) is 3.74.